The lowest BCUT2D eigenvalue weighted by atomic mass is 9.85. The van der Waals surface area contributed by atoms with Crippen molar-refractivity contribution in [3.8, 4) is 0 Å². The van der Waals surface area contributed by atoms with Gasteiger partial charge in [-0.1, -0.05) is 66.7 Å². The van der Waals surface area contributed by atoms with Gasteiger partial charge in [0.1, 0.15) is 0 Å². The molecule has 3 nitrogen and oxygen atoms in total. The Labute approximate surface area is 138 Å². The fourth-order valence-corrected chi connectivity index (χ4v) is 3.52. The standard InChI is InChI=1S/C19H39NO2/c1-6-7-8-9-10-11-12-22-17-13-18(15(2)3)20(21)19(14-17)16(4)5/h15-19,21H,6-14H2,1-5H3. The van der Waals surface area contributed by atoms with Gasteiger partial charge in [-0.3, -0.25) is 0 Å². The molecule has 0 aliphatic carbocycles. The molecule has 1 heterocycles. The van der Waals surface area contributed by atoms with E-state index in [0.29, 0.717) is 17.9 Å². The van der Waals surface area contributed by atoms with Crippen LogP contribution in [0.1, 0.15) is 86.0 Å². The molecule has 0 spiro atoms. The van der Waals surface area contributed by atoms with Crippen molar-refractivity contribution >= 4 is 0 Å². The first-order valence-corrected chi connectivity index (χ1v) is 9.56. The third-order valence-electron chi connectivity index (χ3n) is 5.08. The maximum absolute atomic E-state index is 10.5. The quantitative estimate of drug-likeness (QED) is 0.558. The van der Waals surface area contributed by atoms with Gasteiger partial charge in [0.2, 0.25) is 0 Å². The zero-order valence-corrected chi connectivity index (χ0v) is 15.6. The molecule has 2 unspecified atom stereocenters. The van der Waals surface area contributed by atoms with Crippen LogP contribution in [0.5, 0.6) is 0 Å². The predicted molar refractivity (Wildman–Crippen MR) is 93.2 cm³/mol. The van der Waals surface area contributed by atoms with Gasteiger partial charge < -0.3 is 9.94 Å². The number of piperidine rings is 1. The minimum atomic E-state index is 0.232. The van der Waals surface area contributed by atoms with Gasteiger partial charge in [0, 0.05) is 18.7 Å². The molecule has 0 bridgehead atoms. The lowest BCUT2D eigenvalue weighted by molar-refractivity contribution is -0.218. The lowest BCUT2D eigenvalue weighted by Gasteiger charge is -2.44. The van der Waals surface area contributed by atoms with E-state index in [-0.39, 0.29) is 12.1 Å². The smallest absolute Gasteiger partial charge is 0.0606 e. The van der Waals surface area contributed by atoms with Gasteiger partial charge in [-0.2, -0.15) is 5.06 Å². The molecule has 0 aromatic carbocycles. The highest BCUT2D eigenvalue weighted by Crippen LogP contribution is 2.31. The summed E-state index contributed by atoms with van der Waals surface area (Å²) in [4.78, 5) is 0. The fourth-order valence-electron chi connectivity index (χ4n) is 3.52. The molecule has 1 aliphatic heterocycles. The molecule has 3 heteroatoms. The van der Waals surface area contributed by atoms with Crippen LogP contribution in [-0.4, -0.2) is 35.1 Å². The molecule has 1 fully saturated rings. The maximum Gasteiger partial charge on any atom is 0.0606 e. The molecule has 0 amide bonds. The SMILES string of the molecule is CCCCCCCCOC1CC(C(C)C)N(O)C(C(C)C)C1. The molecule has 1 rings (SSSR count). The Morgan fingerprint density at radius 2 is 1.41 bits per heavy atom. The molecular weight excluding hydrogens is 274 g/mol. The average molecular weight is 314 g/mol. The summed E-state index contributed by atoms with van der Waals surface area (Å²) >= 11 is 0. The van der Waals surface area contributed by atoms with Gasteiger partial charge in [-0.25, -0.2) is 0 Å². The highest BCUT2D eigenvalue weighted by atomic mass is 16.5. The molecule has 0 radical (unpaired) electrons. The Kier molecular flexibility index (Phi) is 9.62. The van der Waals surface area contributed by atoms with Crippen LogP contribution >= 0.6 is 0 Å². The van der Waals surface area contributed by atoms with Crippen molar-refractivity contribution in [2.24, 2.45) is 11.8 Å². The highest BCUT2D eigenvalue weighted by Gasteiger charge is 2.38. The van der Waals surface area contributed by atoms with Crippen LogP contribution in [0.4, 0.5) is 0 Å². The van der Waals surface area contributed by atoms with Crippen LogP contribution in [0.3, 0.4) is 0 Å². The van der Waals surface area contributed by atoms with E-state index in [1.807, 2.05) is 0 Å². The first-order chi connectivity index (χ1) is 10.5. The first-order valence-electron chi connectivity index (χ1n) is 9.56. The molecule has 22 heavy (non-hydrogen) atoms. The first kappa shape index (κ1) is 19.9. The summed E-state index contributed by atoms with van der Waals surface area (Å²) < 4.78 is 6.16. The van der Waals surface area contributed by atoms with Gasteiger partial charge in [0.15, 0.2) is 0 Å². The van der Waals surface area contributed by atoms with Gasteiger partial charge in [-0.05, 0) is 31.1 Å². The van der Waals surface area contributed by atoms with Crippen molar-refractivity contribution in [2.75, 3.05) is 6.61 Å². The molecule has 1 saturated heterocycles. The lowest BCUT2D eigenvalue weighted by Crippen LogP contribution is -2.53. The number of hydroxylamine groups is 2. The van der Waals surface area contributed by atoms with E-state index in [9.17, 15) is 5.21 Å². The summed E-state index contributed by atoms with van der Waals surface area (Å²) in [6.45, 7) is 11.9. The Bertz CT molecular complexity index is 263. The summed E-state index contributed by atoms with van der Waals surface area (Å²) in [5.41, 5.74) is 0. The Balaban J connectivity index is 2.33. The molecule has 2 atom stereocenters. The highest BCUT2D eigenvalue weighted by molar-refractivity contribution is 4.88. The second-order valence-corrected chi connectivity index (χ2v) is 7.73. The van der Waals surface area contributed by atoms with Gasteiger partial charge in [0.05, 0.1) is 6.10 Å². The van der Waals surface area contributed by atoms with Crippen LogP contribution in [0.15, 0.2) is 0 Å². The summed E-state index contributed by atoms with van der Waals surface area (Å²) in [7, 11) is 0. The second-order valence-electron chi connectivity index (χ2n) is 7.73. The van der Waals surface area contributed by atoms with Crippen molar-refractivity contribution in [3.05, 3.63) is 0 Å². The monoisotopic (exact) mass is 313 g/mol. The van der Waals surface area contributed by atoms with Crippen LogP contribution in [-0.2, 0) is 4.74 Å². The predicted octanol–water partition coefficient (Wildman–Crippen LogP) is 5.27. The number of nitrogens with zero attached hydrogens (tertiary/aromatic N) is 1. The van der Waals surface area contributed by atoms with Crippen molar-refractivity contribution in [1.29, 1.82) is 0 Å². The summed E-state index contributed by atoms with van der Waals surface area (Å²) in [5.74, 6) is 0.929. The summed E-state index contributed by atoms with van der Waals surface area (Å²) in [6.07, 6.45) is 10.1. The summed E-state index contributed by atoms with van der Waals surface area (Å²) in [6, 6.07) is 0.464. The van der Waals surface area contributed by atoms with Crippen LogP contribution in [0.25, 0.3) is 0 Å². The maximum atomic E-state index is 10.5. The zero-order valence-electron chi connectivity index (χ0n) is 15.6. The second kappa shape index (κ2) is 10.6. The Hall–Kier alpha value is -0.120. The van der Waals surface area contributed by atoms with E-state index in [2.05, 4.69) is 34.6 Å². The topological polar surface area (TPSA) is 32.7 Å². The zero-order chi connectivity index (χ0) is 16.5. The molecular formula is C19H39NO2. The van der Waals surface area contributed by atoms with E-state index in [1.165, 1.54) is 38.5 Å². The molecule has 1 aliphatic rings. The molecule has 0 saturated carbocycles. The Morgan fingerprint density at radius 1 is 0.909 bits per heavy atom. The van der Waals surface area contributed by atoms with E-state index in [4.69, 9.17) is 4.74 Å². The van der Waals surface area contributed by atoms with Crippen LogP contribution in [0.2, 0.25) is 0 Å². The number of hydrogen-bond acceptors (Lipinski definition) is 3. The minimum absolute atomic E-state index is 0.232. The van der Waals surface area contributed by atoms with Gasteiger partial charge in [-0.15, -0.1) is 0 Å². The Morgan fingerprint density at radius 3 is 1.91 bits per heavy atom. The van der Waals surface area contributed by atoms with Gasteiger partial charge >= 0.3 is 0 Å². The molecule has 132 valence electrons. The molecule has 1 N–H and O–H groups in total. The van der Waals surface area contributed by atoms with Gasteiger partial charge in [0.25, 0.3) is 0 Å². The fraction of sp³-hybridized carbons (Fsp3) is 1.00. The van der Waals surface area contributed by atoms with E-state index >= 15 is 0 Å². The van der Waals surface area contributed by atoms with E-state index < -0.39 is 0 Å². The largest absolute Gasteiger partial charge is 0.378 e. The van der Waals surface area contributed by atoms with Crippen molar-refractivity contribution in [1.82, 2.24) is 5.06 Å². The number of rotatable bonds is 10. The third-order valence-corrected chi connectivity index (χ3v) is 5.08. The normalized spacial score (nSPS) is 27.0. The average Bonchev–Trinajstić information content (AvgIpc) is 2.47. The van der Waals surface area contributed by atoms with E-state index in [1.54, 1.807) is 5.06 Å². The van der Waals surface area contributed by atoms with Crippen molar-refractivity contribution < 1.29 is 9.94 Å². The molecule has 0 aromatic rings. The number of ether oxygens (including phenoxy) is 1. The van der Waals surface area contributed by atoms with E-state index in [0.717, 1.165) is 19.4 Å². The third kappa shape index (κ3) is 6.55. The number of unbranched alkanes of at least 4 members (excludes halogenated alkanes) is 5. The van der Waals surface area contributed by atoms with Crippen LogP contribution < -0.4 is 0 Å². The van der Waals surface area contributed by atoms with Crippen molar-refractivity contribution in [3.63, 3.8) is 0 Å². The summed E-state index contributed by atoms with van der Waals surface area (Å²) in [5, 5.41) is 12.1. The molecule has 0 aromatic heterocycles. The van der Waals surface area contributed by atoms with Crippen molar-refractivity contribution in [2.45, 2.75) is 104 Å². The minimum Gasteiger partial charge on any atom is -0.378 e. The van der Waals surface area contributed by atoms with Crippen LogP contribution in [0, 0.1) is 11.8 Å². The number of hydrogen-bond donors (Lipinski definition) is 1.